The fraction of sp³-hybridized carbons (Fsp3) is 0.511. The minimum absolute atomic E-state index is 0.115. The molecule has 57 heavy (non-hydrogen) atoms. The van der Waals surface area contributed by atoms with E-state index in [1.54, 1.807) is 0 Å². The number of aliphatic carboxylic acids is 3. The summed E-state index contributed by atoms with van der Waals surface area (Å²) in [5.74, 6) is -8.17. The topological polar surface area (TPSA) is 191 Å². The zero-order valence-corrected chi connectivity index (χ0v) is 36.4. The SMILES string of the molecule is C/C=C(C)\C=C/C=C(C)C.COC(=O)/C=C\C(=O)O.COC(=O)C1C(C)C(C)=CC(C=C(C)C)C1C(=O)O.COC(=O)C1C(C=C(C)C)C=C(C)C(C)C1C(=O)O. The lowest BCUT2D eigenvalue weighted by molar-refractivity contribution is -0.159. The third kappa shape index (κ3) is 19.9. The minimum Gasteiger partial charge on any atom is -0.481 e. The molecule has 0 saturated carbocycles. The monoisotopic (exact) mass is 798 g/mol. The van der Waals surface area contributed by atoms with Crippen LogP contribution in [-0.4, -0.2) is 72.5 Å². The van der Waals surface area contributed by atoms with Gasteiger partial charge in [-0.25, -0.2) is 9.59 Å². The maximum atomic E-state index is 12.0. The zero-order chi connectivity index (χ0) is 44.7. The Kier molecular flexibility index (Phi) is 25.8. The summed E-state index contributed by atoms with van der Waals surface area (Å²) in [7, 11) is 3.78. The normalized spacial score (nSPS) is 23.8. The van der Waals surface area contributed by atoms with Crippen LogP contribution in [0, 0.1) is 47.3 Å². The highest BCUT2D eigenvalue weighted by atomic mass is 16.5. The summed E-state index contributed by atoms with van der Waals surface area (Å²) in [5.41, 5.74) is 6.78. The van der Waals surface area contributed by atoms with Crippen molar-refractivity contribution < 1.29 is 58.3 Å². The molecule has 318 valence electrons. The molecular weight excluding hydrogens is 732 g/mol. The number of carbonyl (C=O) groups excluding carboxylic acids is 3. The average Bonchev–Trinajstić information content (AvgIpc) is 3.12. The zero-order valence-electron chi connectivity index (χ0n) is 36.4. The molecule has 8 atom stereocenters. The summed E-state index contributed by atoms with van der Waals surface area (Å²) in [6.45, 7) is 23.6. The number of hydrogen-bond donors (Lipinski definition) is 3. The van der Waals surface area contributed by atoms with Crippen molar-refractivity contribution >= 4 is 35.8 Å². The van der Waals surface area contributed by atoms with Crippen LogP contribution in [0.5, 0.6) is 0 Å². The molecule has 2 aliphatic rings. The van der Waals surface area contributed by atoms with Crippen LogP contribution >= 0.6 is 0 Å². The summed E-state index contributed by atoms with van der Waals surface area (Å²) in [4.78, 5) is 66.9. The van der Waals surface area contributed by atoms with Crippen LogP contribution in [-0.2, 0) is 43.0 Å². The molecule has 0 aromatic heterocycles. The van der Waals surface area contributed by atoms with Crippen LogP contribution in [0.3, 0.4) is 0 Å². The van der Waals surface area contributed by atoms with Gasteiger partial charge in [-0.2, -0.15) is 0 Å². The molecule has 0 radical (unpaired) electrons. The van der Waals surface area contributed by atoms with Crippen molar-refractivity contribution in [3.05, 3.63) is 94.2 Å². The molecule has 12 heteroatoms. The lowest BCUT2D eigenvalue weighted by Crippen LogP contribution is -2.42. The largest absolute Gasteiger partial charge is 0.481 e. The van der Waals surface area contributed by atoms with E-state index in [4.69, 9.17) is 14.6 Å². The smallest absolute Gasteiger partial charge is 0.330 e. The number of ether oxygens (including phenoxy) is 3. The molecule has 0 spiro atoms. The summed E-state index contributed by atoms with van der Waals surface area (Å²) in [6, 6.07) is 0. The van der Waals surface area contributed by atoms with Gasteiger partial charge in [-0.1, -0.05) is 95.9 Å². The van der Waals surface area contributed by atoms with Gasteiger partial charge in [-0.05, 0) is 81.1 Å². The maximum Gasteiger partial charge on any atom is 0.330 e. The van der Waals surface area contributed by atoms with E-state index in [2.05, 4.69) is 49.8 Å². The Morgan fingerprint density at radius 1 is 0.579 bits per heavy atom. The molecule has 0 amide bonds. The second-order valence-electron chi connectivity index (χ2n) is 14.7. The molecule has 3 N–H and O–H groups in total. The van der Waals surface area contributed by atoms with Crippen molar-refractivity contribution in [2.45, 2.75) is 83.1 Å². The van der Waals surface area contributed by atoms with Gasteiger partial charge in [0.15, 0.2) is 0 Å². The van der Waals surface area contributed by atoms with Crippen LogP contribution in [0.4, 0.5) is 0 Å². The molecular formula is C45H66O12. The molecule has 0 aliphatic heterocycles. The van der Waals surface area contributed by atoms with Crippen LogP contribution in [0.15, 0.2) is 94.2 Å². The highest BCUT2D eigenvalue weighted by molar-refractivity contribution is 5.90. The van der Waals surface area contributed by atoms with Gasteiger partial charge in [0.05, 0.1) is 45.0 Å². The van der Waals surface area contributed by atoms with Gasteiger partial charge >= 0.3 is 35.8 Å². The first-order valence-electron chi connectivity index (χ1n) is 18.6. The number of allylic oxidation sites excluding steroid dienone is 14. The van der Waals surface area contributed by atoms with Crippen molar-refractivity contribution in [2.75, 3.05) is 21.3 Å². The third-order valence-electron chi connectivity index (χ3n) is 9.40. The average molecular weight is 799 g/mol. The first kappa shape index (κ1) is 53.8. The second kappa shape index (κ2) is 27.4. The molecule has 0 aromatic carbocycles. The van der Waals surface area contributed by atoms with Gasteiger partial charge < -0.3 is 29.5 Å². The number of carbonyl (C=O) groups is 6. The van der Waals surface area contributed by atoms with Gasteiger partial charge in [0.1, 0.15) is 0 Å². The number of hydrogen-bond acceptors (Lipinski definition) is 9. The Labute approximate surface area is 339 Å². The summed E-state index contributed by atoms with van der Waals surface area (Å²) in [6.07, 6.45) is 17.7. The standard InChI is InChI=1S/2C15H22O4.C10H16.C5H6O4/c1-8(2)6-11-7-9(3)10(4)12(15(18)19-5)13(11)14(16)17;1-8(2)6-11-7-9(3)10(4)12(14(16)17)13(11)15(18)19-5;1-5-10(4)8-6-7-9(2)3;1-9-5(8)3-2-4(6)7/h2*6-7,10-13H,1-5H3,(H,16,17);5-8H,1-4H3;2-3H,1H3,(H,6,7)/b;;8-6-,10-5-;3-2-. The molecule has 0 fully saturated rings. The Morgan fingerprint density at radius 2 is 1.00 bits per heavy atom. The molecule has 12 nitrogen and oxygen atoms in total. The van der Waals surface area contributed by atoms with Gasteiger partial charge in [0.2, 0.25) is 0 Å². The molecule has 2 aliphatic carbocycles. The number of methoxy groups -OCH3 is 3. The van der Waals surface area contributed by atoms with E-state index in [9.17, 15) is 39.0 Å². The van der Waals surface area contributed by atoms with Crippen LogP contribution in [0.1, 0.15) is 83.1 Å². The first-order valence-corrected chi connectivity index (χ1v) is 18.6. The quantitative estimate of drug-likeness (QED) is 0.0628. The third-order valence-corrected chi connectivity index (χ3v) is 9.40. The van der Waals surface area contributed by atoms with Crippen molar-refractivity contribution in [3.8, 4) is 0 Å². The predicted octanol–water partition coefficient (Wildman–Crippen LogP) is 8.58. The lowest BCUT2D eigenvalue weighted by atomic mass is 9.67. The molecule has 0 bridgehead atoms. The van der Waals surface area contributed by atoms with E-state index in [0.29, 0.717) is 6.08 Å². The summed E-state index contributed by atoms with van der Waals surface area (Å²) >= 11 is 0. The Bertz CT molecular complexity index is 1640. The van der Waals surface area contributed by atoms with Gasteiger partial charge in [0, 0.05) is 24.0 Å². The van der Waals surface area contributed by atoms with Gasteiger partial charge in [0.25, 0.3) is 0 Å². The molecule has 8 unspecified atom stereocenters. The highest BCUT2D eigenvalue weighted by Gasteiger charge is 2.46. The van der Waals surface area contributed by atoms with E-state index < -0.39 is 59.5 Å². The van der Waals surface area contributed by atoms with E-state index in [1.807, 2.05) is 86.6 Å². The van der Waals surface area contributed by atoms with Crippen molar-refractivity contribution in [3.63, 3.8) is 0 Å². The van der Waals surface area contributed by atoms with E-state index >= 15 is 0 Å². The number of esters is 3. The Balaban J connectivity index is 0. The molecule has 0 heterocycles. The minimum atomic E-state index is -1.17. The molecule has 0 saturated heterocycles. The number of rotatable bonds is 10. The van der Waals surface area contributed by atoms with Crippen molar-refractivity contribution in [2.24, 2.45) is 47.3 Å². The maximum absolute atomic E-state index is 12.0. The first-order chi connectivity index (χ1) is 26.4. The van der Waals surface area contributed by atoms with Crippen LogP contribution < -0.4 is 0 Å². The number of carboxylic acid groups (broad SMARTS) is 3. The molecule has 0 aromatic rings. The van der Waals surface area contributed by atoms with Crippen LogP contribution in [0.2, 0.25) is 0 Å². The van der Waals surface area contributed by atoms with Crippen molar-refractivity contribution in [1.29, 1.82) is 0 Å². The Morgan fingerprint density at radius 3 is 1.35 bits per heavy atom. The Hall–Kier alpha value is -5.26. The number of carboxylic acids is 3. The lowest BCUT2D eigenvalue weighted by Gasteiger charge is -2.35. The van der Waals surface area contributed by atoms with Gasteiger partial charge in [-0.3, -0.25) is 19.2 Å². The second-order valence-corrected chi connectivity index (χ2v) is 14.7. The highest BCUT2D eigenvalue weighted by Crippen LogP contribution is 2.41. The van der Waals surface area contributed by atoms with Gasteiger partial charge in [-0.15, -0.1) is 0 Å². The van der Waals surface area contributed by atoms with Crippen LogP contribution in [0.25, 0.3) is 0 Å². The summed E-state index contributed by atoms with van der Waals surface area (Å²) < 4.78 is 13.7. The van der Waals surface area contributed by atoms with E-state index in [-0.39, 0.29) is 23.7 Å². The fourth-order valence-corrected chi connectivity index (χ4v) is 6.17. The van der Waals surface area contributed by atoms with E-state index in [1.165, 1.54) is 32.5 Å². The predicted molar refractivity (Wildman–Crippen MR) is 222 cm³/mol. The van der Waals surface area contributed by atoms with Crippen molar-refractivity contribution in [1.82, 2.24) is 0 Å². The fourth-order valence-electron chi connectivity index (χ4n) is 6.17. The molecule has 2 rings (SSSR count). The summed E-state index contributed by atoms with van der Waals surface area (Å²) in [5, 5.41) is 26.9. The van der Waals surface area contributed by atoms with E-state index in [0.717, 1.165) is 28.4 Å².